The van der Waals surface area contributed by atoms with Gasteiger partial charge >= 0.3 is 0 Å². The van der Waals surface area contributed by atoms with Crippen molar-refractivity contribution in [3.8, 4) is 0 Å². The lowest BCUT2D eigenvalue weighted by atomic mass is 9.95. The third kappa shape index (κ3) is 1.24. The molecule has 0 saturated carbocycles. The summed E-state index contributed by atoms with van der Waals surface area (Å²) in [6.07, 6.45) is 3.88. The van der Waals surface area contributed by atoms with Crippen LogP contribution in [-0.2, 0) is 6.42 Å². The van der Waals surface area contributed by atoms with Crippen LogP contribution in [-0.4, -0.2) is 6.04 Å². The molecule has 1 N–H and O–H groups in total. The Bertz CT molecular complexity index is 348. The Morgan fingerprint density at radius 3 is 3.15 bits per heavy atom. The van der Waals surface area contributed by atoms with Crippen LogP contribution in [0.2, 0.25) is 0 Å². The van der Waals surface area contributed by atoms with Gasteiger partial charge in [0.25, 0.3) is 0 Å². The maximum atomic E-state index is 3.65. The highest BCUT2D eigenvalue weighted by atomic mass is 79.9. The first-order chi connectivity index (χ1) is 6.33. The summed E-state index contributed by atoms with van der Waals surface area (Å²) in [4.78, 5) is 0. The molecule has 2 unspecified atom stereocenters. The van der Waals surface area contributed by atoms with Gasteiger partial charge in [-0.1, -0.05) is 22.0 Å². The molecule has 1 nitrogen and oxygen atoms in total. The highest BCUT2D eigenvalue weighted by molar-refractivity contribution is 9.10. The molecule has 2 aliphatic heterocycles. The summed E-state index contributed by atoms with van der Waals surface area (Å²) in [5.41, 5.74) is 3.07. The average Bonchev–Trinajstić information content (AvgIpc) is 2.51. The largest absolute Gasteiger partial charge is 0.307 e. The van der Waals surface area contributed by atoms with Gasteiger partial charge in [0.05, 0.1) is 0 Å². The zero-order valence-corrected chi connectivity index (χ0v) is 8.97. The van der Waals surface area contributed by atoms with Crippen molar-refractivity contribution >= 4 is 15.9 Å². The van der Waals surface area contributed by atoms with E-state index in [1.54, 1.807) is 5.56 Å². The van der Waals surface area contributed by atoms with Crippen molar-refractivity contribution in [3.05, 3.63) is 33.8 Å². The smallest absolute Gasteiger partial charge is 0.0326 e. The minimum Gasteiger partial charge on any atom is -0.307 e. The minimum atomic E-state index is 0.631. The minimum absolute atomic E-state index is 0.631. The lowest BCUT2D eigenvalue weighted by Gasteiger charge is -2.24. The van der Waals surface area contributed by atoms with Gasteiger partial charge in [-0.2, -0.15) is 0 Å². The van der Waals surface area contributed by atoms with Gasteiger partial charge in [-0.15, -0.1) is 0 Å². The Balaban J connectivity index is 2.12. The van der Waals surface area contributed by atoms with Crippen molar-refractivity contribution in [1.29, 1.82) is 0 Å². The van der Waals surface area contributed by atoms with Crippen molar-refractivity contribution in [2.24, 2.45) is 0 Å². The molecule has 1 aromatic rings. The normalized spacial score (nSPS) is 30.2. The van der Waals surface area contributed by atoms with E-state index in [-0.39, 0.29) is 0 Å². The number of fused-ring (bicyclic) bond motifs is 4. The van der Waals surface area contributed by atoms with E-state index >= 15 is 0 Å². The number of halogens is 1. The Hall–Kier alpha value is -0.340. The predicted octanol–water partition coefficient (Wildman–Crippen LogP) is 2.80. The van der Waals surface area contributed by atoms with E-state index in [9.17, 15) is 0 Å². The molecule has 2 heterocycles. The van der Waals surface area contributed by atoms with Gasteiger partial charge in [-0.25, -0.2) is 0 Å². The monoisotopic (exact) mass is 237 g/mol. The lowest BCUT2D eigenvalue weighted by Crippen LogP contribution is -2.31. The van der Waals surface area contributed by atoms with Crippen molar-refractivity contribution in [2.45, 2.75) is 31.3 Å². The quantitative estimate of drug-likeness (QED) is 0.732. The fraction of sp³-hybridized carbons (Fsp3) is 0.455. The molecule has 1 fully saturated rings. The Labute approximate surface area is 86.7 Å². The molecule has 0 radical (unpaired) electrons. The molecule has 1 aromatic carbocycles. The number of nitrogens with one attached hydrogen (secondary N) is 1. The molecule has 2 atom stereocenters. The van der Waals surface area contributed by atoms with E-state index in [1.165, 1.54) is 29.3 Å². The van der Waals surface area contributed by atoms with E-state index in [0.29, 0.717) is 6.04 Å². The molecule has 68 valence electrons. The third-order valence-corrected chi connectivity index (χ3v) is 3.68. The van der Waals surface area contributed by atoms with Crippen LogP contribution in [0.4, 0.5) is 0 Å². The molecular weight excluding hydrogens is 226 g/mol. The number of benzene rings is 1. The van der Waals surface area contributed by atoms with E-state index < -0.39 is 0 Å². The van der Waals surface area contributed by atoms with Gasteiger partial charge in [-0.05, 0) is 42.5 Å². The van der Waals surface area contributed by atoms with Gasteiger partial charge in [0, 0.05) is 16.6 Å². The predicted molar refractivity (Wildman–Crippen MR) is 56.7 cm³/mol. The summed E-state index contributed by atoms with van der Waals surface area (Å²) in [5, 5.41) is 3.65. The van der Waals surface area contributed by atoms with E-state index in [0.717, 1.165) is 6.04 Å². The second-order valence-electron chi connectivity index (χ2n) is 4.04. The van der Waals surface area contributed by atoms with Crippen LogP contribution in [0.5, 0.6) is 0 Å². The van der Waals surface area contributed by atoms with Gasteiger partial charge in [0.15, 0.2) is 0 Å². The Morgan fingerprint density at radius 1 is 1.31 bits per heavy atom. The lowest BCUT2D eigenvalue weighted by molar-refractivity contribution is 0.515. The topological polar surface area (TPSA) is 12.0 Å². The molecule has 2 bridgehead atoms. The maximum absolute atomic E-state index is 3.65. The summed E-state index contributed by atoms with van der Waals surface area (Å²) in [6.45, 7) is 0. The molecule has 0 amide bonds. The first-order valence-electron chi connectivity index (χ1n) is 4.87. The van der Waals surface area contributed by atoms with Crippen LogP contribution in [0.25, 0.3) is 0 Å². The summed E-state index contributed by atoms with van der Waals surface area (Å²) < 4.78 is 1.21. The highest BCUT2D eigenvalue weighted by Gasteiger charge is 2.31. The first-order valence-corrected chi connectivity index (χ1v) is 5.66. The van der Waals surface area contributed by atoms with Crippen LogP contribution in [0, 0.1) is 0 Å². The van der Waals surface area contributed by atoms with Gasteiger partial charge in [-0.3, -0.25) is 0 Å². The highest BCUT2D eigenvalue weighted by Crippen LogP contribution is 2.36. The summed E-state index contributed by atoms with van der Waals surface area (Å²) >= 11 is 3.53. The number of rotatable bonds is 0. The number of hydrogen-bond donors (Lipinski definition) is 1. The van der Waals surface area contributed by atoms with Crippen LogP contribution in [0.15, 0.2) is 22.7 Å². The van der Waals surface area contributed by atoms with E-state index in [1.807, 2.05) is 0 Å². The molecule has 2 heteroatoms. The van der Waals surface area contributed by atoms with Crippen LogP contribution in [0.1, 0.15) is 30.0 Å². The Kier molecular flexibility index (Phi) is 1.74. The van der Waals surface area contributed by atoms with Gasteiger partial charge in [0.2, 0.25) is 0 Å². The summed E-state index contributed by atoms with van der Waals surface area (Å²) in [5.74, 6) is 0. The fourth-order valence-corrected chi connectivity index (χ4v) is 2.95. The first kappa shape index (κ1) is 8.01. The second-order valence-corrected chi connectivity index (χ2v) is 4.96. The van der Waals surface area contributed by atoms with E-state index in [4.69, 9.17) is 0 Å². The molecule has 2 aliphatic rings. The Morgan fingerprint density at radius 2 is 2.23 bits per heavy atom. The van der Waals surface area contributed by atoms with Crippen LogP contribution in [0.3, 0.4) is 0 Å². The average molecular weight is 238 g/mol. The standard InChI is InChI=1S/C11H12BrN/c12-8-2-1-7-5-9-3-4-11(13-9)10(7)6-8/h1-2,6,9,11,13H,3-5H2. The zero-order chi connectivity index (χ0) is 8.84. The van der Waals surface area contributed by atoms with Gasteiger partial charge in [0.1, 0.15) is 0 Å². The van der Waals surface area contributed by atoms with E-state index in [2.05, 4.69) is 39.4 Å². The molecule has 0 aliphatic carbocycles. The SMILES string of the molecule is Brc1ccc2c(c1)C1CCC(C2)N1. The van der Waals surface area contributed by atoms with Crippen LogP contribution < -0.4 is 5.32 Å². The second kappa shape index (κ2) is 2.82. The van der Waals surface area contributed by atoms with Crippen molar-refractivity contribution < 1.29 is 0 Å². The van der Waals surface area contributed by atoms with Crippen molar-refractivity contribution in [3.63, 3.8) is 0 Å². The molecule has 0 spiro atoms. The zero-order valence-electron chi connectivity index (χ0n) is 7.39. The molecule has 13 heavy (non-hydrogen) atoms. The van der Waals surface area contributed by atoms with Crippen molar-refractivity contribution in [1.82, 2.24) is 5.32 Å². The summed E-state index contributed by atoms with van der Waals surface area (Å²) in [7, 11) is 0. The van der Waals surface area contributed by atoms with Crippen LogP contribution >= 0.6 is 15.9 Å². The molecular formula is C11H12BrN. The molecule has 1 saturated heterocycles. The third-order valence-electron chi connectivity index (χ3n) is 3.19. The van der Waals surface area contributed by atoms with Crippen molar-refractivity contribution in [2.75, 3.05) is 0 Å². The van der Waals surface area contributed by atoms with Gasteiger partial charge < -0.3 is 5.32 Å². The molecule has 0 aromatic heterocycles. The number of hydrogen-bond acceptors (Lipinski definition) is 1. The fourth-order valence-electron chi connectivity index (χ4n) is 2.57. The maximum Gasteiger partial charge on any atom is 0.0326 e. The molecule has 3 rings (SSSR count). The summed E-state index contributed by atoms with van der Waals surface area (Å²) in [6, 6.07) is 8.08.